The van der Waals surface area contributed by atoms with Crippen molar-refractivity contribution in [2.24, 2.45) is 11.8 Å². The third-order valence-corrected chi connectivity index (χ3v) is 6.24. The summed E-state index contributed by atoms with van der Waals surface area (Å²) >= 11 is 0. The number of aliphatic carboxylic acids is 1. The highest BCUT2D eigenvalue weighted by Crippen LogP contribution is 2.43. The normalized spacial score (nSPS) is 29.2. The lowest BCUT2D eigenvalue weighted by molar-refractivity contribution is -0.148. The Morgan fingerprint density at radius 2 is 2.15 bits per heavy atom. The lowest BCUT2D eigenvalue weighted by Gasteiger charge is -2.33. The number of hydrogen-bond donors (Lipinski definition) is 1. The van der Waals surface area contributed by atoms with Gasteiger partial charge in [-0.15, -0.1) is 0 Å². The number of ketones is 1. The van der Waals surface area contributed by atoms with Gasteiger partial charge in [0.25, 0.3) is 0 Å². The van der Waals surface area contributed by atoms with Crippen molar-refractivity contribution in [1.29, 1.82) is 0 Å². The van der Waals surface area contributed by atoms with Gasteiger partial charge in [0.05, 0.1) is 11.7 Å². The standard InChI is InChI=1S/C21H26N2O4/c1-12-6-7-17-16(11-22-23(17)19-5-3-4-8-27-19)20(12)14-10-18(24)15(21(25)26)9-13(14)2/h6-7,11,13-15,19H,3-5,8-10H2,1-2H3,(H,25,26)/t13-,14-,15?,19?/m1/s1. The number of fused-ring (bicyclic) bond motifs is 1. The number of carbonyl (C=O) groups is 2. The Balaban J connectivity index is 1.73. The Morgan fingerprint density at radius 1 is 1.33 bits per heavy atom. The summed E-state index contributed by atoms with van der Waals surface area (Å²) in [6.07, 6.45) is 5.71. The maximum atomic E-state index is 12.4. The SMILES string of the molecule is Cc1ccc2c(cnn2C2CCCCO2)c1[C@@H]1CC(=O)C(C(=O)O)C[C@H]1C. The molecule has 2 unspecified atom stereocenters. The van der Waals surface area contributed by atoms with Crippen molar-refractivity contribution < 1.29 is 19.4 Å². The number of nitrogens with zero attached hydrogens (tertiary/aromatic N) is 2. The minimum atomic E-state index is -0.998. The van der Waals surface area contributed by atoms with Crippen LogP contribution < -0.4 is 0 Å². The van der Waals surface area contributed by atoms with Crippen molar-refractivity contribution in [1.82, 2.24) is 9.78 Å². The predicted octanol–water partition coefficient (Wildman–Crippen LogP) is 3.83. The van der Waals surface area contributed by atoms with Gasteiger partial charge in [0.1, 0.15) is 11.7 Å². The molecule has 1 saturated heterocycles. The first-order valence-electron chi connectivity index (χ1n) is 9.81. The molecular weight excluding hydrogens is 344 g/mol. The molecule has 1 aliphatic carbocycles. The Bertz CT molecular complexity index is 882. The molecule has 2 fully saturated rings. The van der Waals surface area contributed by atoms with E-state index < -0.39 is 11.9 Å². The van der Waals surface area contributed by atoms with E-state index in [9.17, 15) is 14.7 Å². The number of ether oxygens (including phenoxy) is 1. The third-order valence-electron chi connectivity index (χ3n) is 6.24. The third kappa shape index (κ3) is 3.16. The monoisotopic (exact) mass is 370 g/mol. The molecule has 0 spiro atoms. The van der Waals surface area contributed by atoms with Crippen LogP contribution in [0.15, 0.2) is 18.3 Å². The average molecular weight is 370 g/mol. The summed E-state index contributed by atoms with van der Waals surface area (Å²) in [5.41, 5.74) is 3.30. The van der Waals surface area contributed by atoms with Gasteiger partial charge in [-0.2, -0.15) is 5.10 Å². The van der Waals surface area contributed by atoms with Crippen LogP contribution in [0.4, 0.5) is 0 Å². The zero-order chi connectivity index (χ0) is 19.1. The zero-order valence-electron chi connectivity index (χ0n) is 15.9. The van der Waals surface area contributed by atoms with Crippen LogP contribution in [0.25, 0.3) is 10.9 Å². The van der Waals surface area contributed by atoms with E-state index in [1.807, 2.05) is 10.9 Å². The van der Waals surface area contributed by atoms with Gasteiger partial charge in [0, 0.05) is 18.4 Å². The number of carboxylic acid groups (broad SMARTS) is 1. The Hall–Kier alpha value is -2.21. The van der Waals surface area contributed by atoms with Gasteiger partial charge in [-0.3, -0.25) is 9.59 Å². The maximum absolute atomic E-state index is 12.4. The van der Waals surface area contributed by atoms with E-state index in [0.29, 0.717) is 6.42 Å². The molecule has 0 radical (unpaired) electrons. The molecule has 6 nitrogen and oxygen atoms in total. The molecule has 1 aromatic carbocycles. The van der Waals surface area contributed by atoms with Crippen molar-refractivity contribution in [2.75, 3.05) is 6.61 Å². The second-order valence-electron chi connectivity index (χ2n) is 8.02. The van der Waals surface area contributed by atoms with Crippen LogP contribution in [-0.4, -0.2) is 33.2 Å². The fourth-order valence-corrected chi connectivity index (χ4v) is 4.74. The van der Waals surface area contributed by atoms with E-state index in [1.54, 1.807) is 0 Å². The molecule has 1 saturated carbocycles. The van der Waals surface area contributed by atoms with Crippen LogP contribution in [-0.2, 0) is 14.3 Å². The van der Waals surface area contributed by atoms with Crippen LogP contribution in [0, 0.1) is 18.8 Å². The molecule has 0 amide bonds. The number of benzene rings is 1. The molecule has 2 aliphatic rings. The number of aryl methyl sites for hydroxylation is 1. The first kappa shape index (κ1) is 18.2. The maximum Gasteiger partial charge on any atom is 0.314 e. The average Bonchev–Trinajstić information content (AvgIpc) is 3.08. The minimum Gasteiger partial charge on any atom is -0.481 e. The molecule has 144 valence electrons. The van der Waals surface area contributed by atoms with E-state index in [0.717, 1.165) is 47.9 Å². The number of carbonyl (C=O) groups excluding carboxylic acids is 1. The number of hydrogen-bond acceptors (Lipinski definition) is 4. The van der Waals surface area contributed by atoms with Crippen LogP contribution in [0.5, 0.6) is 0 Å². The topological polar surface area (TPSA) is 81.4 Å². The lowest BCUT2D eigenvalue weighted by atomic mass is 9.70. The molecule has 4 rings (SSSR count). The number of aromatic nitrogens is 2. The molecule has 1 aromatic heterocycles. The van der Waals surface area contributed by atoms with E-state index in [-0.39, 0.29) is 30.3 Å². The summed E-state index contributed by atoms with van der Waals surface area (Å²) in [4.78, 5) is 23.8. The van der Waals surface area contributed by atoms with E-state index in [2.05, 4.69) is 31.1 Å². The van der Waals surface area contributed by atoms with Gasteiger partial charge in [-0.25, -0.2) is 4.68 Å². The molecule has 2 aromatic rings. The van der Waals surface area contributed by atoms with E-state index in [1.165, 1.54) is 0 Å². The second-order valence-corrected chi connectivity index (χ2v) is 8.02. The van der Waals surface area contributed by atoms with E-state index >= 15 is 0 Å². The minimum absolute atomic E-state index is 0.0294. The van der Waals surface area contributed by atoms with Crippen molar-refractivity contribution >= 4 is 22.7 Å². The Labute approximate surface area is 158 Å². The second kappa shape index (κ2) is 7.08. The highest BCUT2D eigenvalue weighted by Gasteiger charge is 2.39. The van der Waals surface area contributed by atoms with Gasteiger partial charge < -0.3 is 9.84 Å². The van der Waals surface area contributed by atoms with Crippen molar-refractivity contribution in [3.05, 3.63) is 29.5 Å². The number of carboxylic acids is 1. The molecule has 1 aliphatic heterocycles. The highest BCUT2D eigenvalue weighted by atomic mass is 16.5. The number of rotatable bonds is 3. The summed E-state index contributed by atoms with van der Waals surface area (Å²) in [5, 5.41) is 15.0. The fraction of sp³-hybridized carbons (Fsp3) is 0.571. The smallest absolute Gasteiger partial charge is 0.314 e. The quantitative estimate of drug-likeness (QED) is 0.831. The van der Waals surface area contributed by atoms with Crippen LogP contribution in [0.3, 0.4) is 0 Å². The van der Waals surface area contributed by atoms with Gasteiger partial charge in [-0.05, 0) is 61.6 Å². The first-order valence-corrected chi connectivity index (χ1v) is 9.81. The zero-order valence-corrected chi connectivity index (χ0v) is 15.9. The van der Waals surface area contributed by atoms with Crippen molar-refractivity contribution in [2.45, 2.75) is 58.1 Å². The highest BCUT2D eigenvalue weighted by molar-refractivity contribution is 5.99. The van der Waals surface area contributed by atoms with Crippen LogP contribution >= 0.6 is 0 Å². The van der Waals surface area contributed by atoms with Gasteiger partial charge >= 0.3 is 5.97 Å². The predicted molar refractivity (Wildman–Crippen MR) is 101 cm³/mol. The molecule has 27 heavy (non-hydrogen) atoms. The molecule has 1 N–H and O–H groups in total. The summed E-state index contributed by atoms with van der Waals surface area (Å²) in [7, 11) is 0. The van der Waals surface area contributed by atoms with Gasteiger partial charge in [0.2, 0.25) is 0 Å². The molecule has 4 atom stereocenters. The lowest BCUT2D eigenvalue weighted by Crippen LogP contribution is -2.34. The largest absolute Gasteiger partial charge is 0.481 e. The summed E-state index contributed by atoms with van der Waals surface area (Å²) in [6, 6.07) is 4.16. The first-order chi connectivity index (χ1) is 13.0. The molecule has 2 heterocycles. The van der Waals surface area contributed by atoms with Crippen molar-refractivity contribution in [3.63, 3.8) is 0 Å². The van der Waals surface area contributed by atoms with Crippen LogP contribution in [0.2, 0.25) is 0 Å². The summed E-state index contributed by atoms with van der Waals surface area (Å²) < 4.78 is 7.87. The summed E-state index contributed by atoms with van der Waals surface area (Å²) in [6.45, 7) is 4.87. The Kier molecular flexibility index (Phi) is 4.76. The molecule has 6 heteroatoms. The van der Waals surface area contributed by atoms with Gasteiger partial charge in [-0.1, -0.05) is 13.0 Å². The molecular formula is C21H26N2O4. The van der Waals surface area contributed by atoms with Crippen LogP contribution in [0.1, 0.15) is 62.3 Å². The van der Waals surface area contributed by atoms with Crippen molar-refractivity contribution in [3.8, 4) is 0 Å². The number of Topliss-reactive ketones (excluding diaryl/α,β-unsaturated/α-hetero) is 1. The fourth-order valence-electron chi connectivity index (χ4n) is 4.74. The Morgan fingerprint density at radius 3 is 2.85 bits per heavy atom. The molecule has 0 bridgehead atoms. The van der Waals surface area contributed by atoms with Gasteiger partial charge in [0.15, 0.2) is 6.23 Å². The summed E-state index contributed by atoms with van der Waals surface area (Å²) in [5.74, 6) is -1.87. The van der Waals surface area contributed by atoms with E-state index in [4.69, 9.17) is 4.74 Å².